The number of nitrogens with two attached hydrogens (primary N) is 1. The average molecular weight is 287 g/mol. The van der Waals surface area contributed by atoms with Crippen LogP contribution in [0.3, 0.4) is 0 Å². The lowest BCUT2D eigenvalue weighted by atomic mass is 10.1. The number of rotatable bonds is 3. The molecule has 1 aromatic rings. The molecule has 1 amide bonds. The number of nitrogen functional groups attached to an aromatic ring is 1. The van der Waals surface area contributed by atoms with E-state index in [2.05, 4.69) is 10.0 Å². The van der Waals surface area contributed by atoms with Gasteiger partial charge in [0.25, 0.3) is 0 Å². The summed E-state index contributed by atoms with van der Waals surface area (Å²) in [6.07, 6.45) is 0.659. The van der Waals surface area contributed by atoms with E-state index in [1.165, 1.54) is 6.07 Å². The summed E-state index contributed by atoms with van der Waals surface area (Å²) in [7, 11) is -3.90. The molecular formula is C11H14FN3O3S. The molecule has 0 aliphatic carbocycles. The number of anilines is 1. The molecule has 4 N–H and O–H groups in total. The van der Waals surface area contributed by atoms with Gasteiger partial charge in [-0.3, -0.25) is 4.79 Å². The highest BCUT2D eigenvalue weighted by Crippen LogP contribution is 2.20. The second-order valence-electron chi connectivity index (χ2n) is 4.34. The first kappa shape index (κ1) is 13.8. The van der Waals surface area contributed by atoms with Crippen LogP contribution in [0.2, 0.25) is 0 Å². The molecular weight excluding hydrogens is 273 g/mol. The van der Waals surface area contributed by atoms with Crippen LogP contribution >= 0.6 is 0 Å². The van der Waals surface area contributed by atoms with Gasteiger partial charge in [0.1, 0.15) is 10.7 Å². The van der Waals surface area contributed by atoms with Gasteiger partial charge >= 0.3 is 0 Å². The fourth-order valence-electron chi connectivity index (χ4n) is 1.86. The number of carbonyl (C=O) groups is 1. The van der Waals surface area contributed by atoms with Gasteiger partial charge in [-0.2, -0.15) is 0 Å². The molecule has 0 aromatic heterocycles. The minimum Gasteiger partial charge on any atom is -0.398 e. The third-order valence-electron chi connectivity index (χ3n) is 2.85. The number of carbonyl (C=O) groups excluding carboxylic acids is 1. The molecule has 19 heavy (non-hydrogen) atoms. The molecule has 0 radical (unpaired) electrons. The van der Waals surface area contributed by atoms with Crippen molar-refractivity contribution in [3.63, 3.8) is 0 Å². The molecule has 0 saturated carbocycles. The van der Waals surface area contributed by atoms with Gasteiger partial charge in [0.2, 0.25) is 15.9 Å². The summed E-state index contributed by atoms with van der Waals surface area (Å²) < 4.78 is 39.7. The molecule has 1 atom stereocenters. The molecule has 1 saturated heterocycles. The number of benzene rings is 1. The Hall–Kier alpha value is -1.67. The van der Waals surface area contributed by atoms with E-state index in [-0.39, 0.29) is 29.5 Å². The molecule has 1 fully saturated rings. The van der Waals surface area contributed by atoms with Crippen LogP contribution in [0.1, 0.15) is 12.8 Å². The van der Waals surface area contributed by atoms with E-state index in [9.17, 15) is 17.6 Å². The van der Waals surface area contributed by atoms with Crippen LogP contribution in [0.15, 0.2) is 23.1 Å². The second-order valence-corrected chi connectivity index (χ2v) is 6.03. The Balaban J connectivity index is 2.18. The normalized spacial score (nSPS) is 20.1. The van der Waals surface area contributed by atoms with Crippen LogP contribution in [0.4, 0.5) is 10.1 Å². The van der Waals surface area contributed by atoms with Gasteiger partial charge in [-0.15, -0.1) is 0 Å². The summed E-state index contributed by atoms with van der Waals surface area (Å²) in [6.45, 7) is 0.216. The van der Waals surface area contributed by atoms with E-state index in [0.717, 1.165) is 12.1 Å². The van der Waals surface area contributed by atoms with Gasteiger partial charge in [0, 0.05) is 19.0 Å². The number of hydrogen-bond acceptors (Lipinski definition) is 4. The summed E-state index contributed by atoms with van der Waals surface area (Å²) >= 11 is 0. The van der Waals surface area contributed by atoms with Crippen molar-refractivity contribution >= 4 is 21.6 Å². The average Bonchev–Trinajstić information content (AvgIpc) is 2.35. The lowest BCUT2D eigenvalue weighted by molar-refractivity contribution is -0.122. The lowest BCUT2D eigenvalue weighted by Crippen LogP contribution is -2.47. The maximum Gasteiger partial charge on any atom is 0.243 e. The third-order valence-corrected chi connectivity index (χ3v) is 4.43. The van der Waals surface area contributed by atoms with E-state index in [0.29, 0.717) is 6.42 Å². The summed E-state index contributed by atoms with van der Waals surface area (Å²) in [6, 6.07) is 2.76. The fraction of sp³-hybridized carbons (Fsp3) is 0.364. The van der Waals surface area contributed by atoms with Crippen LogP contribution in [0, 0.1) is 5.82 Å². The van der Waals surface area contributed by atoms with Gasteiger partial charge < -0.3 is 11.1 Å². The molecule has 0 spiro atoms. The standard InChI is InChI=1S/C11H14FN3O3S/c12-7-1-3-9(13)10(5-7)19(17,18)15-8-2-4-11(16)14-6-8/h1,3,5,8,15H,2,4,6,13H2,(H,14,16). The van der Waals surface area contributed by atoms with Crippen LogP contribution in [0.5, 0.6) is 0 Å². The van der Waals surface area contributed by atoms with E-state index >= 15 is 0 Å². The van der Waals surface area contributed by atoms with Crippen molar-refractivity contribution in [2.24, 2.45) is 0 Å². The fourth-order valence-corrected chi connectivity index (χ4v) is 3.27. The van der Waals surface area contributed by atoms with Crippen LogP contribution in [-0.4, -0.2) is 26.9 Å². The summed E-state index contributed by atoms with van der Waals surface area (Å²) in [5.41, 5.74) is 5.53. The Bertz CT molecular complexity index is 593. The molecule has 1 aliphatic rings. The zero-order valence-electron chi connectivity index (χ0n) is 10.0. The predicted octanol–water partition coefficient (Wildman–Crippen LogP) is -0.0352. The van der Waals surface area contributed by atoms with E-state index < -0.39 is 21.9 Å². The Labute approximate surface area is 110 Å². The highest BCUT2D eigenvalue weighted by Gasteiger charge is 2.25. The van der Waals surface area contributed by atoms with Crippen molar-refractivity contribution in [1.29, 1.82) is 0 Å². The minimum atomic E-state index is -3.90. The predicted molar refractivity (Wildman–Crippen MR) is 67.2 cm³/mol. The number of sulfonamides is 1. The molecule has 0 bridgehead atoms. The maximum absolute atomic E-state index is 13.1. The Morgan fingerprint density at radius 1 is 1.42 bits per heavy atom. The molecule has 2 rings (SSSR count). The Morgan fingerprint density at radius 2 is 2.16 bits per heavy atom. The topological polar surface area (TPSA) is 101 Å². The molecule has 8 heteroatoms. The monoisotopic (exact) mass is 287 g/mol. The number of halogens is 1. The number of nitrogens with one attached hydrogen (secondary N) is 2. The number of hydrogen-bond donors (Lipinski definition) is 3. The summed E-state index contributed by atoms with van der Waals surface area (Å²) in [4.78, 5) is 10.7. The minimum absolute atomic E-state index is 0.0197. The highest BCUT2D eigenvalue weighted by atomic mass is 32.2. The Kier molecular flexibility index (Phi) is 3.72. The van der Waals surface area contributed by atoms with Gasteiger partial charge in [-0.1, -0.05) is 0 Å². The molecule has 1 heterocycles. The molecule has 1 aromatic carbocycles. The first-order valence-corrected chi connectivity index (χ1v) is 7.21. The largest absolute Gasteiger partial charge is 0.398 e. The van der Waals surface area contributed by atoms with Crippen LogP contribution in [-0.2, 0) is 14.8 Å². The summed E-state index contributed by atoms with van der Waals surface area (Å²) in [5, 5.41) is 2.56. The molecule has 104 valence electrons. The molecule has 6 nitrogen and oxygen atoms in total. The molecule has 1 aliphatic heterocycles. The van der Waals surface area contributed by atoms with Crippen LogP contribution in [0.25, 0.3) is 0 Å². The van der Waals surface area contributed by atoms with E-state index in [4.69, 9.17) is 5.73 Å². The highest BCUT2D eigenvalue weighted by molar-refractivity contribution is 7.89. The zero-order chi connectivity index (χ0) is 14.0. The number of piperidine rings is 1. The van der Waals surface area contributed by atoms with Crippen molar-refractivity contribution in [1.82, 2.24) is 10.0 Å². The van der Waals surface area contributed by atoms with Crippen molar-refractivity contribution in [2.75, 3.05) is 12.3 Å². The zero-order valence-corrected chi connectivity index (χ0v) is 10.8. The van der Waals surface area contributed by atoms with Crippen molar-refractivity contribution < 1.29 is 17.6 Å². The SMILES string of the molecule is Nc1ccc(F)cc1S(=O)(=O)NC1CCC(=O)NC1. The summed E-state index contributed by atoms with van der Waals surface area (Å²) in [5.74, 6) is -0.785. The van der Waals surface area contributed by atoms with Gasteiger partial charge in [0.05, 0.1) is 5.69 Å². The third kappa shape index (κ3) is 3.21. The van der Waals surface area contributed by atoms with Crippen molar-refractivity contribution in [3.8, 4) is 0 Å². The molecule has 1 unspecified atom stereocenters. The first-order valence-electron chi connectivity index (χ1n) is 5.72. The first-order chi connectivity index (χ1) is 8.88. The van der Waals surface area contributed by atoms with Gasteiger partial charge in [-0.25, -0.2) is 17.5 Å². The van der Waals surface area contributed by atoms with Crippen LogP contribution < -0.4 is 15.8 Å². The van der Waals surface area contributed by atoms with Gasteiger partial charge in [-0.05, 0) is 24.6 Å². The van der Waals surface area contributed by atoms with E-state index in [1.54, 1.807) is 0 Å². The number of amides is 1. The van der Waals surface area contributed by atoms with Crippen molar-refractivity contribution in [3.05, 3.63) is 24.0 Å². The quantitative estimate of drug-likeness (QED) is 0.679. The lowest BCUT2D eigenvalue weighted by Gasteiger charge is -2.23. The Morgan fingerprint density at radius 3 is 2.79 bits per heavy atom. The van der Waals surface area contributed by atoms with E-state index in [1.807, 2.05) is 0 Å². The smallest absolute Gasteiger partial charge is 0.243 e. The van der Waals surface area contributed by atoms with Crippen molar-refractivity contribution in [2.45, 2.75) is 23.8 Å². The second kappa shape index (κ2) is 5.14. The van der Waals surface area contributed by atoms with Gasteiger partial charge in [0.15, 0.2) is 0 Å². The maximum atomic E-state index is 13.1.